The quantitative estimate of drug-likeness (QED) is 0.415. The van der Waals surface area contributed by atoms with Crippen LogP contribution in [0.1, 0.15) is 17.4 Å². The molecule has 1 heterocycles. The highest BCUT2D eigenvalue weighted by atomic mass is 16.1. The van der Waals surface area contributed by atoms with E-state index in [1.165, 1.54) is 0 Å². The monoisotopic (exact) mass is 133 g/mol. The fraction of sp³-hybridized carbons (Fsp3) is 0.125. The van der Waals surface area contributed by atoms with Gasteiger partial charge in [-0.2, -0.15) is 0 Å². The first-order valence-electron chi connectivity index (χ1n) is 2.94. The normalized spacial score (nSPS) is 8.10. The Balaban J connectivity index is 3.09. The number of hydrogen-bond acceptors (Lipinski definition) is 1. The predicted molar refractivity (Wildman–Crippen MR) is 38.7 cm³/mol. The Morgan fingerprint density at radius 3 is 3.10 bits per heavy atom. The van der Waals surface area contributed by atoms with Gasteiger partial charge in [-0.25, -0.2) is 0 Å². The van der Waals surface area contributed by atoms with Crippen molar-refractivity contribution in [3.05, 3.63) is 24.0 Å². The lowest BCUT2D eigenvalue weighted by molar-refractivity contribution is 0.111. The summed E-state index contributed by atoms with van der Waals surface area (Å²) in [5, 5.41) is 0. The second-order valence-electron chi connectivity index (χ2n) is 1.78. The van der Waals surface area contributed by atoms with E-state index in [2.05, 4.69) is 12.0 Å². The van der Waals surface area contributed by atoms with Gasteiger partial charge >= 0.3 is 0 Å². The highest BCUT2D eigenvalue weighted by Crippen LogP contribution is 1.94. The standard InChI is InChI=1S/C8H7NO/c1-2-5-9-6-3-4-8(9)7-10/h3-4,6-7H,1H3. The predicted octanol–water partition coefficient (Wildman–Crippen LogP) is 1.13. The van der Waals surface area contributed by atoms with Crippen molar-refractivity contribution in [3.63, 3.8) is 0 Å². The molecule has 0 amide bonds. The van der Waals surface area contributed by atoms with E-state index in [1.807, 2.05) is 0 Å². The summed E-state index contributed by atoms with van der Waals surface area (Å²) < 4.78 is 1.59. The molecule has 0 aliphatic carbocycles. The molecule has 0 N–H and O–H groups in total. The molecule has 1 rings (SSSR count). The van der Waals surface area contributed by atoms with Crippen LogP contribution in [0, 0.1) is 12.0 Å². The summed E-state index contributed by atoms with van der Waals surface area (Å²) in [7, 11) is 0. The van der Waals surface area contributed by atoms with Crippen LogP contribution in [0.5, 0.6) is 0 Å². The fourth-order valence-corrected chi connectivity index (χ4v) is 0.712. The van der Waals surface area contributed by atoms with Crippen LogP contribution >= 0.6 is 0 Å². The van der Waals surface area contributed by atoms with Crippen LogP contribution in [-0.2, 0) is 0 Å². The molecule has 2 heteroatoms. The van der Waals surface area contributed by atoms with Crippen molar-refractivity contribution in [3.8, 4) is 12.0 Å². The smallest absolute Gasteiger partial charge is 0.167 e. The van der Waals surface area contributed by atoms with Crippen LogP contribution in [0.25, 0.3) is 0 Å². The zero-order valence-electron chi connectivity index (χ0n) is 5.66. The molecule has 0 bridgehead atoms. The van der Waals surface area contributed by atoms with E-state index in [4.69, 9.17) is 0 Å². The highest BCUT2D eigenvalue weighted by molar-refractivity contribution is 5.72. The number of aromatic nitrogens is 1. The van der Waals surface area contributed by atoms with Crippen molar-refractivity contribution in [1.29, 1.82) is 0 Å². The van der Waals surface area contributed by atoms with Gasteiger partial charge in [-0.1, -0.05) is 5.92 Å². The topological polar surface area (TPSA) is 22.0 Å². The van der Waals surface area contributed by atoms with Gasteiger partial charge in [0.05, 0.1) is 5.69 Å². The Morgan fingerprint density at radius 2 is 2.50 bits per heavy atom. The number of hydrogen-bond donors (Lipinski definition) is 0. The molecule has 10 heavy (non-hydrogen) atoms. The van der Waals surface area contributed by atoms with E-state index < -0.39 is 0 Å². The third-order valence-corrected chi connectivity index (χ3v) is 1.13. The van der Waals surface area contributed by atoms with Crippen molar-refractivity contribution < 1.29 is 4.79 Å². The molecular weight excluding hydrogens is 126 g/mol. The lowest BCUT2D eigenvalue weighted by Gasteiger charge is -1.88. The Morgan fingerprint density at radius 1 is 1.70 bits per heavy atom. The van der Waals surface area contributed by atoms with E-state index in [0.29, 0.717) is 5.69 Å². The minimum Gasteiger partial charge on any atom is -0.296 e. The molecule has 0 spiro atoms. The number of nitrogens with zero attached hydrogens (tertiary/aromatic N) is 1. The molecule has 2 nitrogen and oxygen atoms in total. The van der Waals surface area contributed by atoms with E-state index >= 15 is 0 Å². The van der Waals surface area contributed by atoms with Crippen molar-refractivity contribution in [2.45, 2.75) is 6.92 Å². The maximum atomic E-state index is 10.3. The summed E-state index contributed by atoms with van der Waals surface area (Å²) in [5.41, 5.74) is 0.592. The van der Waals surface area contributed by atoms with E-state index in [1.54, 1.807) is 29.8 Å². The van der Waals surface area contributed by atoms with E-state index in [-0.39, 0.29) is 0 Å². The molecular formula is C8H7NO. The van der Waals surface area contributed by atoms with Gasteiger partial charge < -0.3 is 0 Å². The SMILES string of the molecule is CC#Cn1cccc1C=O. The highest BCUT2D eigenvalue weighted by Gasteiger charge is 1.92. The number of rotatable bonds is 1. The molecule has 0 aliphatic rings. The van der Waals surface area contributed by atoms with E-state index in [0.717, 1.165) is 6.29 Å². The molecule has 0 fully saturated rings. The second kappa shape index (κ2) is 2.88. The largest absolute Gasteiger partial charge is 0.296 e. The zero-order chi connectivity index (χ0) is 7.40. The maximum absolute atomic E-state index is 10.3. The summed E-state index contributed by atoms with van der Waals surface area (Å²) in [4.78, 5) is 10.3. The summed E-state index contributed by atoms with van der Waals surface area (Å²) in [5.74, 6) is 2.70. The van der Waals surface area contributed by atoms with Crippen LogP contribution in [0.15, 0.2) is 18.3 Å². The van der Waals surface area contributed by atoms with Crippen LogP contribution < -0.4 is 0 Å². The first-order chi connectivity index (χ1) is 4.88. The van der Waals surface area contributed by atoms with Crippen LogP contribution in [-0.4, -0.2) is 10.9 Å². The van der Waals surface area contributed by atoms with Gasteiger partial charge in [-0.05, 0) is 19.1 Å². The first-order valence-corrected chi connectivity index (χ1v) is 2.94. The average molecular weight is 133 g/mol. The van der Waals surface area contributed by atoms with Gasteiger partial charge in [0.15, 0.2) is 6.29 Å². The molecule has 1 aromatic heterocycles. The zero-order valence-corrected chi connectivity index (χ0v) is 5.66. The van der Waals surface area contributed by atoms with Crippen molar-refractivity contribution in [1.82, 2.24) is 4.57 Å². The van der Waals surface area contributed by atoms with Gasteiger partial charge in [0, 0.05) is 12.2 Å². The average Bonchev–Trinajstić information content (AvgIpc) is 2.36. The molecule has 0 aromatic carbocycles. The lowest BCUT2D eigenvalue weighted by atomic mass is 10.5. The van der Waals surface area contributed by atoms with Gasteiger partial charge in [-0.15, -0.1) is 0 Å². The summed E-state index contributed by atoms with van der Waals surface area (Å²) in [6.07, 6.45) is 2.53. The Labute approximate surface area is 59.5 Å². The maximum Gasteiger partial charge on any atom is 0.167 e. The van der Waals surface area contributed by atoms with Crippen molar-refractivity contribution in [2.75, 3.05) is 0 Å². The van der Waals surface area contributed by atoms with Gasteiger partial charge in [-0.3, -0.25) is 9.36 Å². The van der Waals surface area contributed by atoms with Crippen molar-refractivity contribution >= 4 is 6.29 Å². The van der Waals surface area contributed by atoms with E-state index in [9.17, 15) is 4.79 Å². The van der Waals surface area contributed by atoms with Gasteiger partial charge in [0.1, 0.15) is 0 Å². The molecule has 50 valence electrons. The minimum absolute atomic E-state index is 0.592. The van der Waals surface area contributed by atoms with Crippen LogP contribution in [0.2, 0.25) is 0 Å². The van der Waals surface area contributed by atoms with Gasteiger partial charge in [0.2, 0.25) is 0 Å². The number of carbonyl (C=O) groups excluding carboxylic acids is 1. The third kappa shape index (κ3) is 1.08. The Hall–Kier alpha value is -1.49. The minimum atomic E-state index is 0.592. The molecule has 0 unspecified atom stereocenters. The third-order valence-electron chi connectivity index (χ3n) is 1.13. The molecule has 0 saturated heterocycles. The van der Waals surface area contributed by atoms with Crippen LogP contribution in [0.3, 0.4) is 0 Å². The molecule has 0 radical (unpaired) electrons. The number of carbonyl (C=O) groups is 1. The Bertz CT molecular complexity index is 288. The summed E-state index contributed by atoms with van der Waals surface area (Å²) in [6.45, 7) is 1.73. The summed E-state index contributed by atoms with van der Waals surface area (Å²) in [6, 6.07) is 6.25. The molecule has 0 saturated carbocycles. The van der Waals surface area contributed by atoms with Gasteiger partial charge in [0.25, 0.3) is 0 Å². The fourth-order valence-electron chi connectivity index (χ4n) is 0.712. The molecule has 0 atom stereocenters. The number of aldehydes is 1. The molecule has 1 aromatic rings. The molecule has 0 aliphatic heterocycles. The summed E-state index contributed by atoms with van der Waals surface area (Å²) >= 11 is 0. The van der Waals surface area contributed by atoms with Crippen LogP contribution in [0.4, 0.5) is 0 Å². The Kier molecular flexibility index (Phi) is 1.91. The second-order valence-corrected chi connectivity index (χ2v) is 1.78. The lowest BCUT2D eigenvalue weighted by Crippen LogP contribution is -1.91. The van der Waals surface area contributed by atoms with Crippen molar-refractivity contribution in [2.24, 2.45) is 0 Å². The first kappa shape index (κ1) is 6.63.